The van der Waals surface area contributed by atoms with Gasteiger partial charge >= 0.3 is 34.4 Å². The van der Waals surface area contributed by atoms with E-state index < -0.39 is 34.4 Å². The van der Waals surface area contributed by atoms with Crippen LogP contribution in [0, 0.1) is 0 Å². The minimum absolute atomic E-state index is 0.176. The molecule has 0 aliphatic heterocycles. The minimum Gasteiger partial charge on any atom is -0.263 e. The van der Waals surface area contributed by atoms with Crippen molar-refractivity contribution < 1.29 is 44.3 Å². The van der Waals surface area contributed by atoms with Crippen LogP contribution < -0.4 is 9.44 Å². The second-order valence-electron chi connectivity index (χ2n) is 2.36. The van der Waals surface area contributed by atoms with E-state index in [4.69, 9.17) is 0 Å². The van der Waals surface area contributed by atoms with Crippen molar-refractivity contribution in [3.05, 3.63) is 0 Å². The van der Waals surface area contributed by atoms with Crippen LogP contribution in [0.4, 0.5) is 26.3 Å². The number of hydrogen-bond acceptors (Lipinski definition) is 4. The number of carbonyl (C=O) groups excluding carboxylic acids is 2. The van der Waals surface area contributed by atoms with E-state index >= 15 is 0 Å². The Balaban J connectivity index is 4.75. The van der Waals surface area contributed by atoms with Crippen LogP contribution in [0.5, 0.6) is 0 Å². The Bertz CT molecular complexity index is 388. The highest BCUT2D eigenvalue weighted by atomic mass is 32.2. The van der Waals surface area contributed by atoms with Gasteiger partial charge in [-0.15, -0.1) is 0 Å². The van der Waals surface area contributed by atoms with Crippen LogP contribution in [-0.4, -0.2) is 32.6 Å². The Morgan fingerprint density at radius 1 is 0.765 bits per heavy atom. The summed E-state index contributed by atoms with van der Waals surface area (Å²) in [5.41, 5.74) is 0. The first kappa shape index (κ1) is 15.5. The predicted molar refractivity (Wildman–Crippen MR) is 37.3 cm³/mol. The molecule has 2 amide bonds. The molecule has 6 nitrogen and oxygen atoms in total. The third kappa shape index (κ3) is 5.37. The summed E-state index contributed by atoms with van der Waals surface area (Å²) in [6.07, 6.45) is -11.3. The fourth-order valence-corrected chi connectivity index (χ4v) is 1.16. The van der Waals surface area contributed by atoms with E-state index in [1.165, 1.54) is 0 Å². The molecular formula is C4H2F6N2O4S. The second-order valence-corrected chi connectivity index (χ2v) is 3.78. The number of amides is 2. The Morgan fingerprint density at radius 2 is 1.00 bits per heavy atom. The molecule has 0 spiro atoms. The number of halogens is 6. The van der Waals surface area contributed by atoms with E-state index in [-0.39, 0.29) is 9.44 Å². The summed E-state index contributed by atoms with van der Waals surface area (Å²) < 4.78 is 90.5. The molecule has 2 N–H and O–H groups in total. The average Bonchev–Trinajstić information content (AvgIpc) is 1.97. The molecule has 0 aromatic carbocycles. The Labute approximate surface area is 89.1 Å². The van der Waals surface area contributed by atoms with Crippen molar-refractivity contribution in [2.45, 2.75) is 12.4 Å². The van der Waals surface area contributed by atoms with Crippen LogP contribution in [0.2, 0.25) is 0 Å². The quantitative estimate of drug-likeness (QED) is 0.675. The van der Waals surface area contributed by atoms with Gasteiger partial charge in [0.25, 0.3) is 0 Å². The van der Waals surface area contributed by atoms with E-state index in [1.807, 2.05) is 0 Å². The van der Waals surface area contributed by atoms with Crippen molar-refractivity contribution in [1.82, 2.24) is 9.44 Å². The summed E-state index contributed by atoms with van der Waals surface area (Å²) in [6.45, 7) is 0. The molecule has 0 saturated heterocycles. The molecule has 0 aromatic heterocycles. The van der Waals surface area contributed by atoms with Gasteiger partial charge in [-0.3, -0.25) is 9.59 Å². The van der Waals surface area contributed by atoms with Crippen LogP contribution in [0.25, 0.3) is 0 Å². The molecule has 0 bridgehead atoms. The molecule has 13 heteroatoms. The highest BCUT2D eigenvalue weighted by Crippen LogP contribution is 2.16. The molecule has 17 heavy (non-hydrogen) atoms. The summed E-state index contributed by atoms with van der Waals surface area (Å²) in [7, 11) is -5.59. The topological polar surface area (TPSA) is 92.3 Å². The summed E-state index contributed by atoms with van der Waals surface area (Å²) in [4.78, 5) is 20.1. The van der Waals surface area contributed by atoms with E-state index in [0.29, 0.717) is 0 Å². The average molecular weight is 288 g/mol. The number of nitrogens with one attached hydrogen (secondary N) is 2. The monoisotopic (exact) mass is 288 g/mol. The molecule has 0 unspecified atom stereocenters. The first-order valence-electron chi connectivity index (χ1n) is 3.28. The van der Waals surface area contributed by atoms with Crippen LogP contribution >= 0.6 is 0 Å². The predicted octanol–water partition coefficient (Wildman–Crippen LogP) is -0.412. The van der Waals surface area contributed by atoms with Gasteiger partial charge in [0.1, 0.15) is 0 Å². The lowest BCUT2D eigenvalue weighted by Gasteiger charge is -2.10. The van der Waals surface area contributed by atoms with Crippen molar-refractivity contribution in [2.24, 2.45) is 0 Å². The largest absolute Gasteiger partial charge is 0.472 e. The molecular weight excluding hydrogens is 286 g/mol. The molecule has 0 radical (unpaired) electrons. The van der Waals surface area contributed by atoms with E-state index in [1.54, 1.807) is 0 Å². The Morgan fingerprint density at radius 3 is 1.18 bits per heavy atom. The van der Waals surface area contributed by atoms with Gasteiger partial charge in [-0.1, -0.05) is 0 Å². The fraction of sp³-hybridized carbons (Fsp3) is 0.500. The zero-order valence-electron chi connectivity index (χ0n) is 7.31. The fourth-order valence-electron chi connectivity index (χ4n) is 0.385. The molecule has 0 aromatic rings. The highest BCUT2D eigenvalue weighted by Gasteiger charge is 2.44. The summed E-state index contributed by atoms with van der Waals surface area (Å²) in [5, 5.41) is 0. The normalized spacial score (nSPS) is 13.1. The molecule has 100 valence electrons. The second kappa shape index (κ2) is 4.38. The van der Waals surface area contributed by atoms with Gasteiger partial charge < -0.3 is 0 Å². The van der Waals surface area contributed by atoms with Gasteiger partial charge in [0.05, 0.1) is 0 Å². The van der Waals surface area contributed by atoms with Crippen LogP contribution in [0.1, 0.15) is 0 Å². The van der Waals surface area contributed by atoms with Crippen molar-refractivity contribution in [3.63, 3.8) is 0 Å². The van der Waals surface area contributed by atoms with Crippen LogP contribution in [0.3, 0.4) is 0 Å². The smallest absolute Gasteiger partial charge is 0.263 e. The summed E-state index contributed by atoms with van der Waals surface area (Å²) in [5.74, 6) is -6.08. The van der Waals surface area contributed by atoms with Gasteiger partial charge in [0.2, 0.25) is 0 Å². The van der Waals surface area contributed by atoms with Crippen molar-refractivity contribution in [3.8, 4) is 0 Å². The van der Waals surface area contributed by atoms with Gasteiger partial charge in [-0.2, -0.15) is 34.8 Å². The summed E-state index contributed by atoms with van der Waals surface area (Å²) in [6, 6.07) is 0. The van der Waals surface area contributed by atoms with Gasteiger partial charge in [0.15, 0.2) is 0 Å². The number of hydrogen-bond donors (Lipinski definition) is 2. The molecule has 0 heterocycles. The van der Waals surface area contributed by atoms with E-state index in [2.05, 4.69) is 0 Å². The maximum atomic E-state index is 11.5. The standard InChI is InChI=1S/C4H2F6N2O4S/c5-3(6,7)1(13)11-17(15,16)12-2(14)4(8,9)10/h(H,11,13)(H,12,14). The molecule has 0 atom stereocenters. The maximum absolute atomic E-state index is 11.5. The van der Waals surface area contributed by atoms with Gasteiger partial charge in [-0.05, 0) is 0 Å². The molecule has 0 aliphatic carbocycles. The van der Waals surface area contributed by atoms with Crippen molar-refractivity contribution in [2.75, 3.05) is 0 Å². The maximum Gasteiger partial charge on any atom is 0.472 e. The Kier molecular flexibility index (Phi) is 3.99. The zero-order valence-corrected chi connectivity index (χ0v) is 8.13. The van der Waals surface area contributed by atoms with E-state index in [9.17, 15) is 44.3 Å². The highest BCUT2D eigenvalue weighted by molar-refractivity contribution is 7.88. The molecule has 0 rings (SSSR count). The van der Waals surface area contributed by atoms with Crippen LogP contribution in [0.15, 0.2) is 0 Å². The Hall–Kier alpha value is -1.53. The molecule has 0 fully saturated rings. The molecule has 0 aliphatic rings. The van der Waals surface area contributed by atoms with Crippen molar-refractivity contribution >= 4 is 22.0 Å². The first-order valence-corrected chi connectivity index (χ1v) is 4.77. The number of rotatable bonds is 2. The zero-order chi connectivity index (χ0) is 14.1. The summed E-state index contributed by atoms with van der Waals surface area (Å²) >= 11 is 0. The lowest BCUT2D eigenvalue weighted by Crippen LogP contribution is -2.50. The van der Waals surface area contributed by atoms with Gasteiger partial charge in [-0.25, -0.2) is 9.44 Å². The van der Waals surface area contributed by atoms with Gasteiger partial charge in [0, 0.05) is 0 Å². The lowest BCUT2D eigenvalue weighted by atomic mass is 10.6. The number of alkyl halides is 6. The molecule has 0 saturated carbocycles. The van der Waals surface area contributed by atoms with Crippen LogP contribution in [-0.2, 0) is 19.8 Å². The lowest BCUT2D eigenvalue weighted by molar-refractivity contribution is -0.172. The van der Waals surface area contributed by atoms with E-state index in [0.717, 1.165) is 0 Å². The first-order chi connectivity index (χ1) is 7.26. The third-order valence-corrected chi connectivity index (χ3v) is 1.88. The SMILES string of the molecule is O=C(NS(=O)(=O)NC(=O)C(F)(F)F)C(F)(F)F. The van der Waals surface area contributed by atoms with Crippen molar-refractivity contribution in [1.29, 1.82) is 0 Å². The minimum atomic E-state index is -5.63. The number of carbonyl (C=O) groups is 2. The third-order valence-electron chi connectivity index (χ3n) is 0.969.